The number of aryl methyl sites for hydroxylation is 5. The van der Waals surface area contributed by atoms with Gasteiger partial charge < -0.3 is 86.4 Å². The number of ether oxygens (including phenoxy) is 2. The second-order valence-electron chi connectivity index (χ2n) is 31.4. The van der Waals surface area contributed by atoms with Gasteiger partial charge >= 0.3 is 119 Å². The summed E-state index contributed by atoms with van der Waals surface area (Å²) in [5, 5.41) is 37.5. The first-order valence-electron chi connectivity index (χ1n) is 43.9. The van der Waals surface area contributed by atoms with Gasteiger partial charge in [0, 0.05) is 88.6 Å². The number of benzene rings is 7. The van der Waals surface area contributed by atoms with Gasteiger partial charge in [-0.2, -0.15) is 41.3 Å². The standard InChI is InChI=1S/C27H32F3N3O.C15H20F3N.C14H16N2O3.C12H12N2O2.C9H12N2O.C8H11N.C6H9BO6.C5H7BrO3.C2H4O2.CHNO.K.Na.H/c1-19-9-8-14-25(20(19)2)32-26-31-23(18-34-26)17-33(15-21-10-4-3-5-11-21)16-22-12-6-7-13-24(22)27(28,29)30;16-15(17,18)14-9-5-4-8-13(14)11-19-10-12-6-2-1-3-7-12;1-4-18-13(17)12-8-19-14(16-12)15-11-7-5-6-9(2)10(11)3;1-8-4-3-5-11(9(8)2)14-12-13-10(6-15)7-16-12;1-6-4-3-5-8(7(6)2)11-9(10)12;1-6-4-3-5-8(9)7(6)2;1-4(8)11-7(12-5(2)9)13-6(3)10;1-2-9-5(8)4(7)3-6;1-2(3)4;2-1-3;;;/h6-9,12-14,18,21H,3-5,10-11,15-17H2,1-2H3,(H,31,32);4-5,8-9,12,19H,1-3,6-7,10-11H2;5-8H,4H2,1-3H3,(H,15,16);3-7H,1-2H3,(H,13,14);3-5H,1-2H3,(H3,10,11,12);3-5H,9H2,1-2H3;1-3H3;2-3H2,1H3;1H3,(H,3,4);3H;;;/q;;;;;;;;;;2*+1;-1/p-1. The van der Waals surface area contributed by atoms with Crippen LogP contribution in [0.15, 0.2) is 172 Å². The molecular weight excluding hydrogens is 1930 g/mol. The van der Waals surface area contributed by atoms with Crippen molar-refractivity contribution in [2.75, 3.05) is 58.6 Å². The van der Waals surface area contributed by atoms with E-state index in [1.807, 2.05) is 147 Å². The second kappa shape index (κ2) is 68.0. The summed E-state index contributed by atoms with van der Waals surface area (Å²) in [5.74, 6) is -3.66. The van der Waals surface area contributed by atoms with Crippen molar-refractivity contribution in [2.45, 2.75) is 207 Å². The minimum atomic E-state index is -4.37. The van der Waals surface area contributed by atoms with Gasteiger partial charge in [-0.25, -0.2) is 19.6 Å². The van der Waals surface area contributed by atoms with Crippen LogP contribution >= 0.6 is 15.9 Å². The van der Waals surface area contributed by atoms with Crippen LogP contribution < -0.4 is 124 Å². The molecular formula is C99H124BBrF6KN12NaO19. The molecule has 0 bridgehead atoms. The molecule has 2 fully saturated rings. The van der Waals surface area contributed by atoms with E-state index >= 15 is 0 Å². The Labute approximate surface area is 887 Å². The van der Waals surface area contributed by atoms with E-state index < -0.39 is 78.4 Å². The van der Waals surface area contributed by atoms with Crippen LogP contribution in [0.3, 0.4) is 0 Å². The number of Topliss-reactive ketones (excluding diaryl/α,β-unsaturated/α-hetero) is 1. The summed E-state index contributed by atoms with van der Waals surface area (Å²) in [6.45, 7) is 31.0. The number of anilines is 8. The van der Waals surface area contributed by atoms with Gasteiger partial charge in [0.2, 0.25) is 5.78 Å². The third-order valence-electron chi connectivity index (χ3n) is 20.8. The van der Waals surface area contributed by atoms with Crippen molar-refractivity contribution >= 4 is 124 Å². The number of halogens is 7. The number of nitrogens with two attached hydrogens (primary N) is 2. The van der Waals surface area contributed by atoms with Gasteiger partial charge in [-0.3, -0.25) is 33.7 Å². The predicted molar refractivity (Wildman–Crippen MR) is 516 cm³/mol. The number of carboxylic acid groups (broad SMARTS) is 1. The number of ketones is 1. The Morgan fingerprint density at radius 1 is 0.557 bits per heavy atom. The summed E-state index contributed by atoms with van der Waals surface area (Å²) in [6.07, 6.45) is 8.78. The summed E-state index contributed by atoms with van der Waals surface area (Å²) in [5.41, 5.74) is 27.2. The molecule has 3 aromatic heterocycles. The largest absolute Gasteiger partial charge is 1.00 e. The number of carbonyl (C=O) groups is 9. The molecule has 41 heteroatoms. The number of rotatable bonds is 26. The number of alkyl halides is 7. The Balaban J connectivity index is 0.00000163. The summed E-state index contributed by atoms with van der Waals surface area (Å²) in [7, 11) is -1.59. The topological polar surface area (TPSA) is 460 Å². The summed E-state index contributed by atoms with van der Waals surface area (Å²) in [6, 6.07) is 41.6. The maximum Gasteiger partial charge on any atom is 1.00 e. The molecule has 748 valence electrons. The molecule has 12 rings (SSSR count). The first-order valence-corrected chi connectivity index (χ1v) is 45.0. The molecule has 140 heavy (non-hydrogen) atoms. The molecule has 2 aliphatic carbocycles. The van der Waals surface area contributed by atoms with Crippen LogP contribution in [0.25, 0.3) is 0 Å². The van der Waals surface area contributed by atoms with Crippen LogP contribution in [0.4, 0.5) is 77.6 Å². The van der Waals surface area contributed by atoms with Crippen molar-refractivity contribution in [1.82, 2.24) is 25.2 Å². The third-order valence-corrected chi connectivity index (χ3v) is 21.3. The van der Waals surface area contributed by atoms with Crippen LogP contribution in [0.1, 0.15) is 212 Å². The Bertz CT molecular complexity index is 5500. The molecule has 0 aliphatic heterocycles. The number of oxazole rings is 3. The van der Waals surface area contributed by atoms with Gasteiger partial charge in [0.05, 0.1) is 35.4 Å². The number of nitrogens with zero attached hydrogens (tertiary/aromatic N) is 5. The van der Waals surface area contributed by atoms with Gasteiger partial charge in [-0.1, -0.05) is 152 Å². The first-order chi connectivity index (χ1) is 65.3. The van der Waals surface area contributed by atoms with E-state index in [0.29, 0.717) is 72.9 Å². The molecule has 3 heterocycles. The quantitative estimate of drug-likeness (QED) is 0.00365. The van der Waals surface area contributed by atoms with Crippen molar-refractivity contribution in [3.8, 4) is 6.26 Å². The van der Waals surface area contributed by atoms with E-state index in [0.717, 1.165) is 122 Å². The van der Waals surface area contributed by atoms with Gasteiger partial charge in [-0.05, 0) is 236 Å². The number of aromatic nitrogens is 3. The van der Waals surface area contributed by atoms with Crippen molar-refractivity contribution in [1.29, 1.82) is 5.26 Å². The van der Waals surface area contributed by atoms with Crippen molar-refractivity contribution in [3.05, 3.63) is 253 Å². The number of urea groups is 1. The average Bonchev–Trinajstić information content (AvgIpc) is 1.69. The van der Waals surface area contributed by atoms with Gasteiger partial charge in [0.1, 0.15) is 24.5 Å². The minimum absolute atomic E-state index is 0. The number of hydrogen-bond donors (Lipinski definition) is 8. The van der Waals surface area contributed by atoms with Crippen molar-refractivity contribution < 1.29 is 199 Å². The van der Waals surface area contributed by atoms with E-state index in [1.54, 1.807) is 44.4 Å². The second-order valence-corrected chi connectivity index (χ2v) is 31.9. The molecule has 31 nitrogen and oxygen atoms in total. The summed E-state index contributed by atoms with van der Waals surface area (Å²) in [4.78, 5) is 108. The third kappa shape index (κ3) is 50.2. The number of esters is 2. The molecule has 0 unspecified atom stereocenters. The number of hydrogen-bond acceptors (Lipinski definition) is 28. The van der Waals surface area contributed by atoms with Gasteiger partial charge in [0.15, 0.2) is 12.0 Å². The fourth-order valence-corrected chi connectivity index (χ4v) is 13.3. The molecule has 0 radical (unpaired) electrons. The zero-order valence-corrected chi connectivity index (χ0v) is 89.1. The first kappa shape index (κ1) is 127. The number of aliphatic carboxylic acids is 1. The van der Waals surface area contributed by atoms with Gasteiger partial charge in [0.25, 0.3) is 41.9 Å². The predicted octanol–water partition coefficient (Wildman–Crippen LogP) is 15.0. The zero-order valence-electron chi connectivity index (χ0n) is 83.4. The fourth-order valence-electron chi connectivity index (χ4n) is 13.1. The van der Waals surface area contributed by atoms with E-state index in [-0.39, 0.29) is 118 Å². The number of primary amides is 1. The maximum atomic E-state index is 13.6. The number of nitrogens with one attached hydrogen (secondary N) is 5. The Kier molecular flexibility index (Phi) is 61.6. The van der Waals surface area contributed by atoms with E-state index in [9.17, 15) is 64.7 Å². The van der Waals surface area contributed by atoms with Crippen LogP contribution in [0, 0.1) is 92.6 Å². The Morgan fingerprint density at radius 3 is 1.35 bits per heavy atom. The number of carbonyl (C=O) groups excluding carboxylic acids is 8. The normalized spacial score (nSPS) is 11.6. The SMILES string of the molecule is CC(=O)O.CC(=O)OB(OC(C)=O)OC(C)=O.CCOC(=O)C(=O)CBr.CCOC(=O)c1coc(Nc2cccc(C)c2C)n1.Cc1cccc(N)c1C.Cc1cccc(NC(N)=O)c1C.Cc1cccc(Nc2nc(C=O)co2)c1C.Cc1cccc(Nc2nc(CN(Cc3ccccc3C(F)(F)F)CC3CCCCC3)co2)c1C.FC(F)(F)c1ccccc1CNCC1CCCCC1.N#C[O-].[H-].[K+].[Na+]. The number of aldehydes is 1. The fraction of sp³-hybridized carbons (Fsp3) is 0.384. The number of nitrogen functional groups attached to an aromatic ring is 1. The molecule has 0 atom stereocenters. The Hall–Kier alpha value is -11.2. The smallest absolute Gasteiger partial charge is 1.00 e. The monoisotopic (exact) mass is 2050 g/mol. The van der Waals surface area contributed by atoms with E-state index in [2.05, 4.69) is 94.1 Å². The number of nitriles is 1. The number of carboxylic acids is 1. The van der Waals surface area contributed by atoms with Crippen LogP contribution in [-0.2, 0) is 84.2 Å². The minimum Gasteiger partial charge on any atom is -1.00 e. The summed E-state index contributed by atoms with van der Waals surface area (Å²) < 4.78 is 117. The van der Waals surface area contributed by atoms with E-state index in [1.165, 1.54) is 104 Å². The van der Waals surface area contributed by atoms with E-state index in [4.69, 9.17) is 49.7 Å². The van der Waals surface area contributed by atoms with Crippen LogP contribution in [0.2, 0.25) is 0 Å². The Morgan fingerprint density at radius 2 is 0.943 bits per heavy atom. The van der Waals surface area contributed by atoms with Crippen molar-refractivity contribution in [3.63, 3.8) is 0 Å². The zero-order chi connectivity index (χ0) is 103. The molecule has 7 aromatic carbocycles. The molecule has 10 N–H and O–H groups in total. The molecule has 10 aromatic rings. The molecule has 0 saturated heterocycles. The van der Waals surface area contributed by atoms with Crippen molar-refractivity contribution in [2.24, 2.45) is 17.6 Å². The molecule has 0 spiro atoms. The summed E-state index contributed by atoms with van der Waals surface area (Å²) >= 11 is 2.83. The molecule has 2 amide bonds. The average molecular weight is 2050 g/mol. The number of amides is 2. The molecule has 2 saturated carbocycles. The van der Waals surface area contributed by atoms with Crippen LogP contribution in [0.5, 0.6) is 0 Å². The molecule has 2 aliphatic rings. The maximum absolute atomic E-state index is 13.6. The van der Waals surface area contributed by atoms with Crippen LogP contribution in [-0.4, -0.2) is 118 Å². The van der Waals surface area contributed by atoms with Gasteiger partial charge in [-0.15, -0.1) is 0 Å².